The third-order valence-electron chi connectivity index (χ3n) is 5.63. The summed E-state index contributed by atoms with van der Waals surface area (Å²) < 4.78 is 0. The number of nitrogens with zero attached hydrogens (tertiary/aromatic N) is 2. The fourth-order valence-electron chi connectivity index (χ4n) is 4.33. The standard InChI is InChI=1S/C17H29N3O2.ClH/c1-17(2,3)20-10-11(7-15(20)21)16(22)19(4)14-8-12-5-6-13(9-14)18-12;/h11-14,18H,5-10H2,1-4H3;1H. The van der Waals surface area contributed by atoms with Crippen LogP contribution in [0.2, 0.25) is 0 Å². The molecule has 0 aromatic carbocycles. The van der Waals surface area contributed by atoms with E-state index in [9.17, 15) is 9.59 Å². The fraction of sp³-hybridized carbons (Fsp3) is 0.882. The van der Waals surface area contributed by atoms with E-state index in [2.05, 4.69) is 5.32 Å². The Bertz CT molecular complexity index is 465. The molecule has 3 heterocycles. The van der Waals surface area contributed by atoms with Crippen LogP contribution in [0.5, 0.6) is 0 Å². The molecule has 3 atom stereocenters. The number of likely N-dealkylation sites (tertiary alicyclic amines) is 1. The van der Waals surface area contributed by atoms with E-state index < -0.39 is 0 Å². The van der Waals surface area contributed by atoms with Crippen LogP contribution < -0.4 is 5.32 Å². The van der Waals surface area contributed by atoms with Crippen LogP contribution in [0.15, 0.2) is 0 Å². The fourth-order valence-corrected chi connectivity index (χ4v) is 4.33. The van der Waals surface area contributed by atoms with E-state index in [0.29, 0.717) is 31.1 Å². The number of nitrogens with one attached hydrogen (secondary N) is 1. The number of carbonyl (C=O) groups is 2. The number of amides is 2. The van der Waals surface area contributed by atoms with E-state index in [-0.39, 0.29) is 35.7 Å². The normalized spacial score (nSPS) is 33.6. The Balaban J connectivity index is 0.00000192. The Morgan fingerprint density at radius 3 is 2.26 bits per heavy atom. The van der Waals surface area contributed by atoms with E-state index in [1.807, 2.05) is 37.6 Å². The van der Waals surface area contributed by atoms with Crippen LogP contribution in [0.4, 0.5) is 0 Å². The molecule has 2 amide bonds. The second-order valence-corrected chi connectivity index (χ2v) is 8.29. The molecule has 0 aromatic rings. The maximum atomic E-state index is 12.8. The lowest BCUT2D eigenvalue weighted by atomic mass is 9.96. The summed E-state index contributed by atoms with van der Waals surface area (Å²) in [5.74, 6) is 0.111. The minimum absolute atomic E-state index is 0. The first-order chi connectivity index (χ1) is 10.3. The molecular formula is C17H30ClN3O2. The predicted octanol–water partition coefficient (Wildman–Crippen LogP) is 1.80. The van der Waals surface area contributed by atoms with Crippen molar-refractivity contribution in [3.8, 4) is 0 Å². The van der Waals surface area contributed by atoms with Crippen molar-refractivity contribution >= 4 is 24.2 Å². The Hall–Kier alpha value is -0.810. The van der Waals surface area contributed by atoms with Gasteiger partial charge in [0, 0.05) is 43.7 Å². The van der Waals surface area contributed by atoms with E-state index in [4.69, 9.17) is 0 Å². The third-order valence-corrected chi connectivity index (χ3v) is 5.63. The molecule has 6 heteroatoms. The first-order valence-corrected chi connectivity index (χ1v) is 8.59. The van der Waals surface area contributed by atoms with Gasteiger partial charge in [0.15, 0.2) is 0 Å². The summed E-state index contributed by atoms with van der Waals surface area (Å²) in [6, 6.07) is 1.50. The SMILES string of the molecule is CN(C(=O)C1CC(=O)N(C(C)(C)C)C1)C1CC2CCC(C1)N2.Cl. The topological polar surface area (TPSA) is 52.7 Å². The van der Waals surface area contributed by atoms with Crippen LogP contribution in [0.25, 0.3) is 0 Å². The molecule has 132 valence electrons. The molecule has 3 unspecified atom stereocenters. The highest BCUT2D eigenvalue weighted by Gasteiger charge is 2.43. The summed E-state index contributed by atoms with van der Waals surface area (Å²) in [4.78, 5) is 28.8. The van der Waals surface area contributed by atoms with Crippen molar-refractivity contribution in [2.45, 2.75) is 76.5 Å². The molecule has 0 spiro atoms. The van der Waals surface area contributed by atoms with Crippen LogP contribution in [0.1, 0.15) is 52.9 Å². The maximum Gasteiger partial charge on any atom is 0.227 e. The molecule has 0 aromatic heterocycles. The number of hydrogen-bond acceptors (Lipinski definition) is 3. The van der Waals surface area contributed by atoms with Crippen molar-refractivity contribution in [1.29, 1.82) is 0 Å². The number of halogens is 1. The molecule has 5 nitrogen and oxygen atoms in total. The van der Waals surface area contributed by atoms with Crippen LogP contribution in [0.3, 0.4) is 0 Å². The van der Waals surface area contributed by atoms with E-state index in [1.54, 1.807) is 0 Å². The summed E-state index contributed by atoms with van der Waals surface area (Å²) in [6.45, 7) is 6.67. The first kappa shape index (κ1) is 18.5. The minimum Gasteiger partial charge on any atom is -0.342 e. The molecule has 0 saturated carbocycles. The summed E-state index contributed by atoms with van der Waals surface area (Å²) in [5.41, 5.74) is -0.196. The molecule has 0 aliphatic carbocycles. The van der Waals surface area contributed by atoms with Crippen LogP contribution in [-0.4, -0.2) is 58.9 Å². The van der Waals surface area contributed by atoms with Crippen molar-refractivity contribution in [3.05, 3.63) is 0 Å². The van der Waals surface area contributed by atoms with Gasteiger partial charge in [0.25, 0.3) is 0 Å². The number of fused-ring (bicyclic) bond motifs is 2. The Morgan fingerprint density at radius 1 is 1.22 bits per heavy atom. The van der Waals surface area contributed by atoms with Gasteiger partial charge in [-0.25, -0.2) is 0 Å². The minimum atomic E-state index is -0.196. The average molecular weight is 344 g/mol. The highest BCUT2D eigenvalue weighted by atomic mass is 35.5. The Morgan fingerprint density at radius 2 is 1.78 bits per heavy atom. The highest BCUT2D eigenvalue weighted by molar-refractivity contribution is 5.89. The predicted molar refractivity (Wildman–Crippen MR) is 92.6 cm³/mol. The zero-order valence-electron chi connectivity index (χ0n) is 14.7. The van der Waals surface area contributed by atoms with Gasteiger partial charge in [-0.05, 0) is 46.5 Å². The van der Waals surface area contributed by atoms with Gasteiger partial charge in [-0.1, -0.05) is 0 Å². The Kier molecular flexibility index (Phi) is 5.31. The number of piperidine rings is 1. The van der Waals surface area contributed by atoms with E-state index in [0.717, 1.165) is 12.8 Å². The average Bonchev–Trinajstić information content (AvgIpc) is 2.99. The van der Waals surface area contributed by atoms with Gasteiger partial charge in [-0.2, -0.15) is 0 Å². The van der Waals surface area contributed by atoms with Crippen molar-refractivity contribution in [2.24, 2.45) is 5.92 Å². The van der Waals surface area contributed by atoms with Crippen LogP contribution in [0, 0.1) is 5.92 Å². The molecule has 3 fully saturated rings. The number of carbonyl (C=O) groups excluding carboxylic acids is 2. The van der Waals surface area contributed by atoms with Crippen LogP contribution >= 0.6 is 12.4 Å². The molecule has 3 rings (SSSR count). The summed E-state index contributed by atoms with van der Waals surface area (Å²) in [6.07, 6.45) is 4.97. The van der Waals surface area contributed by atoms with Crippen LogP contribution in [-0.2, 0) is 9.59 Å². The molecule has 2 bridgehead atoms. The lowest BCUT2D eigenvalue weighted by Gasteiger charge is -2.37. The van der Waals surface area contributed by atoms with E-state index >= 15 is 0 Å². The first-order valence-electron chi connectivity index (χ1n) is 8.59. The zero-order chi connectivity index (χ0) is 16.1. The van der Waals surface area contributed by atoms with Crippen molar-refractivity contribution < 1.29 is 9.59 Å². The van der Waals surface area contributed by atoms with Crippen molar-refractivity contribution in [1.82, 2.24) is 15.1 Å². The lowest BCUT2D eigenvalue weighted by molar-refractivity contribution is -0.137. The molecule has 3 aliphatic heterocycles. The molecule has 3 aliphatic rings. The van der Waals surface area contributed by atoms with Gasteiger partial charge in [0.1, 0.15) is 0 Å². The number of rotatable bonds is 2. The largest absolute Gasteiger partial charge is 0.342 e. The summed E-state index contributed by atoms with van der Waals surface area (Å²) in [5, 5.41) is 3.62. The van der Waals surface area contributed by atoms with Gasteiger partial charge < -0.3 is 15.1 Å². The molecular weight excluding hydrogens is 314 g/mol. The lowest BCUT2D eigenvalue weighted by Crippen LogP contribution is -2.50. The molecule has 3 saturated heterocycles. The van der Waals surface area contributed by atoms with E-state index in [1.165, 1.54) is 12.8 Å². The molecule has 23 heavy (non-hydrogen) atoms. The molecule has 1 N–H and O–H groups in total. The van der Waals surface area contributed by atoms with Gasteiger partial charge in [-0.15, -0.1) is 12.4 Å². The Labute approximate surface area is 145 Å². The summed E-state index contributed by atoms with van der Waals surface area (Å²) >= 11 is 0. The zero-order valence-corrected chi connectivity index (χ0v) is 15.5. The van der Waals surface area contributed by atoms with Crippen molar-refractivity contribution in [2.75, 3.05) is 13.6 Å². The summed E-state index contributed by atoms with van der Waals surface area (Å²) in [7, 11) is 1.93. The highest BCUT2D eigenvalue weighted by Crippen LogP contribution is 2.32. The van der Waals surface area contributed by atoms with Crippen molar-refractivity contribution in [3.63, 3.8) is 0 Å². The smallest absolute Gasteiger partial charge is 0.227 e. The quantitative estimate of drug-likeness (QED) is 0.831. The third kappa shape index (κ3) is 3.66. The van der Waals surface area contributed by atoms with Gasteiger partial charge in [0.05, 0.1) is 5.92 Å². The van der Waals surface area contributed by atoms with Gasteiger partial charge in [0.2, 0.25) is 11.8 Å². The van der Waals surface area contributed by atoms with Gasteiger partial charge >= 0.3 is 0 Å². The van der Waals surface area contributed by atoms with Gasteiger partial charge in [-0.3, -0.25) is 9.59 Å². The second kappa shape index (κ2) is 6.60. The monoisotopic (exact) mass is 343 g/mol. The number of hydrogen-bond donors (Lipinski definition) is 1. The second-order valence-electron chi connectivity index (χ2n) is 8.29. The maximum absolute atomic E-state index is 12.8. The molecule has 0 radical (unpaired) electrons.